The molecule has 0 aliphatic heterocycles. The van der Waals surface area contributed by atoms with E-state index >= 15 is 0 Å². The summed E-state index contributed by atoms with van der Waals surface area (Å²) in [6, 6.07) is 1.38. The van der Waals surface area contributed by atoms with Crippen LogP contribution in [0.5, 0.6) is 0 Å². The molecule has 1 aliphatic carbocycles. The maximum Gasteiger partial charge on any atom is 0.0218 e. The largest absolute Gasteiger partial charge is 0.329 e. The van der Waals surface area contributed by atoms with Gasteiger partial charge in [-0.2, -0.15) is 0 Å². The zero-order valence-corrected chi connectivity index (χ0v) is 13.5. The highest BCUT2D eigenvalue weighted by Gasteiger charge is 2.28. The van der Waals surface area contributed by atoms with Crippen molar-refractivity contribution < 1.29 is 0 Å². The number of unbranched alkanes of at least 4 members (excludes halogenated alkanes) is 4. The van der Waals surface area contributed by atoms with Crippen LogP contribution in [0.25, 0.3) is 0 Å². The van der Waals surface area contributed by atoms with Crippen molar-refractivity contribution in [2.75, 3.05) is 13.6 Å². The van der Waals surface area contributed by atoms with Gasteiger partial charge in [0.2, 0.25) is 0 Å². The molecular weight excluding hydrogens is 232 g/mol. The number of rotatable bonds is 9. The van der Waals surface area contributed by atoms with E-state index < -0.39 is 0 Å². The first-order valence-electron chi connectivity index (χ1n) is 8.62. The first kappa shape index (κ1) is 17.0. The third kappa shape index (κ3) is 5.83. The van der Waals surface area contributed by atoms with E-state index in [1.165, 1.54) is 64.2 Å². The van der Waals surface area contributed by atoms with Crippen LogP contribution in [0.15, 0.2) is 0 Å². The molecule has 1 fully saturated rings. The summed E-state index contributed by atoms with van der Waals surface area (Å²) < 4.78 is 0. The second-order valence-corrected chi connectivity index (χ2v) is 6.59. The highest BCUT2D eigenvalue weighted by molar-refractivity contribution is 4.83. The molecule has 0 saturated heterocycles. The van der Waals surface area contributed by atoms with Gasteiger partial charge in [-0.1, -0.05) is 58.8 Å². The predicted octanol–water partition coefficient (Wildman–Crippen LogP) is 4.18. The zero-order chi connectivity index (χ0) is 14.1. The van der Waals surface area contributed by atoms with Gasteiger partial charge in [-0.25, -0.2) is 0 Å². The second kappa shape index (κ2) is 9.77. The van der Waals surface area contributed by atoms with Crippen LogP contribution in [0.1, 0.15) is 78.1 Å². The first-order chi connectivity index (χ1) is 9.20. The van der Waals surface area contributed by atoms with Crippen LogP contribution >= 0.6 is 0 Å². The van der Waals surface area contributed by atoms with Crippen molar-refractivity contribution in [3.8, 4) is 0 Å². The lowest BCUT2D eigenvalue weighted by Crippen LogP contribution is -2.48. The summed E-state index contributed by atoms with van der Waals surface area (Å²) in [5, 5.41) is 0. The van der Waals surface area contributed by atoms with E-state index in [1.54, 1.807) is 0 Å². The van der Waals surface area contributed by atoms with Gasteiger partial charge in [-0.3, -0.25) is 4.90 Å². The highest BCUT2D eigenvalue weighted by atomic mass is 15.2. The number of nitrogens with two attached hydrogens (primary N) is 1. The molecule has 1 saturated carbocycles. The van der Waals surface area contributed by atoms with E-state index in [0.29, 0.717) is 6.04 Å². The lowest BCUT2D eigenvalue weighted by Gasteiger charge is -2.40. The molecule has 0 bridgehead atoms. The van der Waals surface area contributed by atoms with E-state index in [2.05, 4.69) is 25.8 Å². The fraction of sp³-hybridized carbons (Fsp3) is 1.00. The number of hydrogen-bond donors (Lipinski definition) is 1. The van der Waals surface area contributed by atoms with E-state index in [4.69, 9.17) is 5.73 Å². The summed E-state index contributed by atoms with van der Waals surface area (Å²) in [6.45, 7) is 5.53. The minimum atomic E-state index is 0.604. The SMILES string of the molecule is CCCCCCCC(CN)N(C)C1CCCCC1C. The Kier molecular flexibility index (Phi) is 8.72. The van der Waals surface area contributed by atoms with Gasteiger partial charge in [-0.05, 0) is 32.2 Å². The normalized spacial score (nSPS) is 25.7. The van der Waals surface area contributed by atoms with E-state index in [0.717, 1.165) is 18.5 Å². The Labute approximate surface area is 121 Å². The summed E-state index contributed by atoms with van der Waals surface area (Å²) >= 11 is 0. The maximum atomic E-state index is 6.03. The fourth-order valence-corrected chi connectivity index (χ4v) is 3.64. The topological polar surface area (TPSA) is 29.3 Å². The Bertz CT molecular complexity index is 217. The Morgan fingerprint density at radius 1 is 1.11 bits per heavy atom. The van der Waals surface area contributed by atoms with Crippen molar-refractivity contribution in [2.24, 2.45) is 11.7 Å². The molecule has 1 rings (SSSR count). The molecule has 3 unspecified atom stereocenters. The highest BCUT2D eigenvalue weighted by Crippen LogP contribution is 2.29. The number of likely N-dealkylation sites (N-methyl/N-ethyl adjacent to an activating group) is 1. The van der Waals surface area contributed by atoms with Crippen molar-refractivity contribution in [3.63, 3.8) is 0 Å². The molecule has 2 heteroatoms. The molecular formula is C17H36N2. The van der Waals surface area contributed by atoms with Crippen LogP contribution in [0, 0.1) is 5.92 Å². The van der Waals surface area contributed by atoms with Crippen LogP contribution < -0.4 is 5.73 Å². The van der Waals surface area contributed by atoms with Crippen LogP contribution in [0.2, 0.25) is 0 Å². The smallest absolute Gasteiger partial charge is 0.0218 e. The van der Waals surface area contributed by atoms with Crippen molar-refractivity contribution in [1.82, 2.24) is 4.90 Å². The zero-order valence-electron chi connectivity index (χ0n) is 13.5. The molecule has 3 atom stereocenters. The van der Waals surface area contributed by atoms with Gasteiger partial charge >= 0.3 is 0 Å². The van der Waals surface area contributed by atoms with Gasteiger partial charge in [0, 0.05) is 18.6 Å². The van der Waals surface area contributed by atoms with Crippen molar-refractivity contribution in [3.05, 3.63) is 0 Å². The van der Waals surface area contributed by atoms with Crippen molar-refractivity contribution >= 4 is 0 Å². The van der Waals surface area contributed by atoms with Gasteiger partial charge in [0.25, 0.3) is 0 Å². The summed E-state index contributed by atoms with van der Waals surface area (Å²) in [5.74, 6) is 0.855. The van der Waals surface area contributed by atoms with Crippen LogP contribution in [-0.4, -0.2) is 30.6 Å². The summed E-state index contributed by atoms with van der Waals surface area (Å²) in [5.41, 5.74) is 6.03. The van der Waals surface area contributed by atoms with Gasteiger partial charge in [0.05, 0.1) is 0 Å². The Hall–Kier alpha value is -0.0800. The Morgan fingerprint density at radius 3 is 2.42 bits per heavy atom. The summed E-state index contributed by atoms with van der Waals surface area (Å²) in [4.78, 5) is 2.61. The first-order valence-corrected chi connectivity index (χ1v) is 8.62. The van der Waals surface area contributed by atoms with Crippen LogP contribution in [0.3, 0.4) is 0 Å². The minimum absolute atomic E-state index is 0.604. The van der Waals surface area contributed by atoms with Crippen molar-refractivity contribution in [2.45, 2.75) is 90.1 Å². The Morgan fingerprint density at radius 2 is 1.79 bits per heavy atom. The van der Waals surface area contributed by atoms with Crippen LogP contribution in [-0.2, 0) is 0 Å². The third-order valence-corrected chi connectivity index (χ3v) is 5.08. The van der Waals surface area contributed by atoms with Gasteiger partial charge in [0.1, 0.15) is 0 Å². The lowest BCUT2D eigenvalue weighted by atomic mass is 9.84. The molecule has 19 heavy (non-hydrogen) atoms. The molecule has 0 aromatic carbocycles. The van der Waals surface area contributed by atoms with E-state index in [-0.39, 0.29) is 0 Å². The standard InChI is InChI=1S/C17H36N2/c1-4-5-6-7-8-12-16(14-18)19(3)17-13-10-9-11-15(17)2/h15-17H,4-14,18H2,1-3H3. The molecule has 0 spiro atoms. The average Bonchev–Trinajstić information content (AvgIpc) is 2.43. The van der Waals surface area contributed by atoms with E-state index in [9.17, 15) is 0 Å². The monoisotopic (exact) mass is 268 g/mol. The van der Waals surface area contributed by atoms with E-state index in [1.807, 2.05) is 0 Å². The molecule has 0 amide bonds. The minimum Gasteiger partial charge on any atom is -0.329 e. The molecule has 1 aliphatic rings. The molecule has 114 valence electrons. The van der Waals surface area contributed by atoms with Crippen LogP contribution in [0.4, 0.5) is 0 Å². The summed E-state index contributed by atoms with van der Waals surface area (Å²) in [7, 11) is 2.32. The molecule has 2 N–H and O–H groups in total. The molecule has 0 heterocycles. The predicted molar refractivity (Wildman–Crippen MR) is 85.4 cm³/mol. The number of hydrogen-bond acceptors (Lipinski definition) is 2. The molecule has 2 nitrogen and oxygen atoms in total. The second-order valence-electron chi connectivity index (χ2n) is 6.59. The fourth-order valence-electron chi connectivity index (χ4n) is 3.64. The lowest BCUT2D eigenvalue weighted by molar-refractivity contribution is 0.0938. The quantitative estimate of drug-likeness (QED) is 0.635. The van der Waals surface area contributed by atoms with Gasteiger partial charge in [-0.15, -0.1) is 0 Å². The average molecular weight is 268 g/mol. The molecule has 0 aromatic rings. The molecule has 0 radical (unpaired) electrons. The maximum absolute atomic E-state index is 6.03. The summed E-state index contributed by atoms with van der Waals surface area (Å²) in [6.07, 6.45) is 13.8. The third-order valence-electron chi connectivity index (χ3n) is 5.08. The Balaban J connectivity index is 2.31. The number of nitrogens with zero attached hydrogens (tertiary/aromatic N) is 1. The van der Waals surface area contributed by atoms with Gasteiger partial charge in [0.15, 0.2) is 0 Å². The van der Waals surface area contributed by atoms with Crippen molar-refractivity contribution in [1.29, 1.82) is 0 Å². The van der Waals surface area contributed by atoms with Gasteiger partial charge < -0.3 is 5.73 Å². The molecule has 0 aromatic heterocycles.